The SMILES string of the molecule is CCC[C@H](NC(=O)[C@@H]1C2CCCC2CN1C(=O)[C@@H](NC(=O)[C@@H](NC(=O)c1cnccn1)C(C)C)C(C)(C)C)C(=O)C(=O)NC(C)CC. The fraction of sp³-hybridized carbons (Fsp3) is 0.706. The van der Waals surface area contributed by atoms with Crippen LogP contribution in [-0.4, -0.2) is 86.9 Å². The van der Waals surface area contributed by atoms with Crippen LogP contribution in [0.15, 0.2) is 18.6 Å². The van der Waals surface area contributed by atoms with E-state index in [4.69, 9.17) is 0 Å². The first-order chi connectivity index (χ1) is 22.1. The van der Waals surface area contributed by atoms with E-state index in [1.165, 1.54) is 18.6 Å². The van der Waals surface area contributed by atoms with Crippen LogP contribution in [0.25, 0.3) is 0 Å². The second-order valence-corrected chi connectivity index (χ2v) is 14.4. The molecule has 1 aromatic rings. The van der Waals surface area contributed by atoms with Gasteiger partial charge < -0.3 is 26.2 Å². The molecule has 1 saturated carbocycles. The first kappa shape index (κ1) is 37.6. The van der Waals surface area contributed by atoms with E-state index in [-0.39, 0.29) is 35.9 Å². The molecule has 7 atom stereocenters. The number of hydrogen-bond acceptors (Lipinski definition) is 8. The number of ketones is 1. The third kappa shape index (κ3) is 9.35. The smallest absolute Gasteiger partial charge is 0.289 e. The average molecular weight is 656 g/mol. The summed E-state index contributed by atoms with van der Waals surface area (Å²) in [7, 11) is 0. The molecule has 47 heavy (non-hydrogen) atoms. The largest absolute Gasteiger partial charge is 0.347 e. The van der Waals surface area contributed by atoms with Crippen molar-refractivity contribution >= 4 is 35.3 Å². The zero-order valence-electron chi connectivity index (χ0n) is 29.1. The lowest BCUT2D eigenvalue weighted by Gasteiger charge is -2.37. The van der Waals surface area contributed by atoms with Crippen LogP contribution >= 0.6 is 0 Å². The molecule has 13 heteroatoms. The van der Waals surface area contributed by atoms with Gasteiger partial charge in [0.05, 0.1) is 12.2 Å². The number of carbonyl (C=O) groups excluding carboxylic acids is 6. The van der Waals surface area contributed by atoms with E-state index in [0.29, 0.717) is 19.4 Å². The highest BCUT2D eigenvalue weighted by Gasteiger charge is 2.52. The van der Waals surface area contributed by atoms with Gasteiger partial charge >= 0.3 is 0 Å². The second-order valence-electron chi connectivity index (χ2n) is 14.4. The predicted molar refractivity (Wildman–Crippen MR) is 176 cm³/mol. The number of Topliss-reactive ketones (excluding diaryl/α,β-unsaturated/α-hetero) is 1. The number of rotatable bonds is 14. The normalized spacial score (nSPS) is 21.6. The van der Waals surface area contributed by atoms with Crippen molar-refractivity contribution in [2.24, 2.45) is 23.2 Å². The van der Waals surface area contributed by atoms with Gasteiger partial charge in [-0.1, -0.05) is 61.3 Å². The Labute approximate surface area is 278 Å². The van der Waals surface area contributed by atoms with Crippen molar-refractivity contribution in [1.82, 2.24) is 36.1 Å². The van der Waals surface area contributed by atoms with Crippen molar-refractivity contribution in [1.29, 1.82) is 0 Å². The first-order valence-corrected chi connectivity index (χ1v) is 16.9. The molecule has 1 aliphatic carbocycles. The van der Waals surface area contributed by atoms with Crippen molar-refractivity contribution in [3.05, 3.63) is 24.3 Å². The lowest BCUT2D eigenvalue weighted by Crippen LogP contribution is -2.62. The molecule has 0 radical (unpaired) electrons. The molecule has 2 aliphatic rings. The van der Waals surface area contributed by atoms with Gasteiger partial charge in [0.15, 0.2) is 0 Å². The van der Waals surface area contributed by atoms with Crippen LogP contribution in [0.2, 0.25) is 0 Å². The van der Waals surface area contributed by atoms with Crippen molar-refractivity contribution in [3.63, 3.8) is 0 Å². The molecule has 0 spiro atoms. The van der Waals surface area contributed by atoms with E-state index in [1.807, 2.05) is 34.6 Å². The number of likely N-dealkylation sites (tertiary alicyclic amines) is 1. The van der Waals surface area contributed by atoms with E-state index < -0.39 is 64.9 Å². The first-order valence-electron chi connectivity index (χ1n) is 16.9. The molecule has 0 bridgehead atoms. The van der Waals surface area contributed by atoms with Crippen LogP contribution in [0.4, 0.5) is 0 Å². The van der Waals surface area contributed by atoms with Crippen LogP contribution in [0.5, 0.6) is 0 Å². The highest BCUT2D eigenvalue weighted by molar-refractivity contribution is 6.38. The quantitative estimate of drug-likeness (QED) is 0.220. The van der Waals surface area contributed by atoms with Gasteiger partial charge in [-0.25, -0.2) is 4.98 Å². The zero-order chi connectivity index (χ0) is 35.1. The fourth-order valence-electron chi connectivity index (χ4n) is 6.45. The molecule has 2 heterocycles. The van der Waals surface area contributed by atoms with Gasteiger partial charge in [-0.2, -0.15) is 0 Å². The Kier molecular flexibility index (Phi) is 13.0. The van der Waals surface area contributed by atoms with Gasteiger partial charge in [0.2, 0.25) is 23.5 Å². The van der Waals surface area contributed by atoms with Crippen LogP contribution in [0.3, 0.4) is 0 Å². The fourth-order valence-corrected chi connectivity index (χ4v) is 6.45. The Morgan fingerprint density at radius 2 is 1.66 bits per heavy atom. The van der Waals surface area contributed by atoms with Crippen molar-refractivity contribution in [2.45, 2.75) is 124 Å². The predicted octanol–water partition coefficient (Wildman–Crippen LogP) is 2.16. The van der Waals surface area contributed by atoms with Gasteiger partial charge in [-0.3, -0.25) is 33.8 Å². The van der Waals surface area contributed by atoms with Gasteiger partial charge in [-0.15, -0.1) is 0 Å². The molecule has 3 rings (SSSR count). The standard InChI is InChI=1S/C34H53N7O6/c1-9-12-23(27(42)32(46)37-20(5)10-2)38-31(45)26-22-14-11-13-21(22)18-41(26)33(47)28(34(6,7)8)40-30(44)25(19(3)4)39-29(43)24-17-35-15-16-36-24/h15-17,19-23,25-26,28H,9-14,18H2,1-8H3,(H,37,46)(H,38,45)(H,39,43)(H,40,44)/t20?,21?,22?,23-,25-,26-,28+/m0/s1. The van der Waals surface area contributed by atoms with E-state index in [1.54, 1.807) is 25.7 Å². The summed E-state index contributed by atoms with van der Waals surface area (Å²) in [5.74, 6) is -3.73. The Bertz CT molecular complexity index is 1300. The number of amides is 5. The van der Waals surface area contributed by atoms with E-state index in [0.717, 1.165) is 19.3 Å². The molecule has 1 saturated heterocycles. The monoisotopic (exact) mass is 655 g/mol. The van der Waals surface area contributed by atoms with E-state index in [2.05, 4.69) is 31.2 Å². The molecule has 13 nitrogen and oxygen atoms in total. The van der Waals surface area contributed by atoms with Gasteiger partial charge in [-0.05, 0) is 55.8 Å². The minimum atomic E-state index is -1.02. The minimum Gasteiger partial charge on any atom is -0.347 e. The Morgan fingerprint density at radius 3 is 2.23 bits per heavy atom. The molecule has 2 fully saturated rings. The van der Waals surface area contributed by atoms with E-state index in [9.17, 15) is 28.8 Å². The van der Waals surface area contributed by atoms with E-state index >= 15 is 0 Å². The van der Waals surface area contributed by atoms with Gasteiger partial charge in [0, 0.05) is 25.0 Å². The molecule has 4 N–H and O–H groups in total. The molecular formula is C34H53N7O6. The summed E-state index contributed by atoms with van der Waals surface area (Å²) >= 11 is 0. The summed E-state index contributed by atoms with van der Waals surface area (Å²) < 4.78 is 0. The topological polar surface area (TPSA) is 180 Å². The van der Waals surface area contributed by atoms with Gasteiger partial charge in [0.1, 0.15) is 23.8 Å². The molecule has 5 amide bonds. The summed E-state index contributed by atoms with van der Waals surface area (Å²) in [5.41, 5.74) is -0.694. The second kappa shape index (κ2) is 16.3. The Morgan fingerprint density at radius 1 is 0.957 bits per heavy atom. The molecular weight excluding hydrogens is 602 g/mol. The van der Waals surface area contributed by atoms with Crippen LogP contribution in [0, 0.1) is 23.2 Å². The number of carbonyl (C=O) groups is 6. The van der Waals surface area contributed by atoms with Crippen molar-refractivity contribution in [3.8, 4) is 0 Å². The van der Waals surface area contributed by atoms with Crippen molar-refractivity contribution in [2.75, 3.05) is 6.54 Å². The third-order valence-corrected chi connectivity index (χ3v) is 9.30. The van der Waals surface area contributed by atoms with Crippen LogP contribution in [-0.2, 0) is 24.0 Å². The van der Waals surface area contributed by atoms with Gasteiger partial charge in [0.25, 0.3) is 11.8 Å². The summed E-state index contributed by atoms with van der Waals surface area (Å²) in [5, 5.41) is 11.1. The molecule has 1 aliphatic heterocycles. The molecule has 260 valence electrons. The summed E-state index contributed by atoms with van der Waals surface area (Å²) in [4.78, 5) is 90.3. The highest BCUT2D eigenvalue weighted by atomic mass is 16.2. The third-order valence-electron chi connectivity index (χ3n) is 9.30. The lowest BCUT2D eigenvalue weighted by atomic mass is 9.85. The Hall–Kier alpha value is -3.90. The maximum absolute atomic E-state index is 14.4. The van der Waals surface area contributed by atoms with Crippen LogP contribution in [0.1, 0.15) is 104 Å². The number of nitrogens with one attached hydrogen (secondary N) is 4. The summed E-state index contributed by atoms with van der Waals surface area (Å²) in [6.07, 6.45) is 8.18. The molecule has 3 unspecified atom stereocenters. The molecule has 1 aromatic heterocycles. The number of hydrogen-bond donors (Lipinski definition) is 4. The average Bonchev–Trinajstić information content (AvgIpc) is 3.62. The highest BCUT2D eigenvalue weighted by Crippen LogP contribution is 2.43. The summed E-state index contributed by atoms with van der Waals surface area (Å²) in [6, 6.07) is -4.04. The summed E-state index contributed by atoms with van der Waals surface area (Å²) in [6.45, 7) is 15.0. The maximum Gasteiger partial charge on any atom is 0.289 e. The van der Waals surface area contributed by atoms with Crippen LogP contribution < -0.4 is 21.3 Å². The Balaban J connectivity index is 1.85. The number of aromatic nitrogens is 2. The molecule has 0 aromatic carbocycles. The number of nitrogens with zero attached hydrogens (tertiary/aromatic N) is 3. The minimum absolute atomic E-state index is 0.0593. The maximum atomic E-state index is 14.4. The number of fused-ring (bicyclic) bond motifs is 1. The lowest BCUT2D eigenvalue weighted by molar-refractivity contribution is -0.146. The zero-order valence-corrected chi connectivity index (χ0v) is 29.1. The van der Waals surface area contributed by atoms with Crippen molar-refractivity contribution < 1.29 is 28.8 Å².